The van der Waals surface area contributed by atoms with Crippen molar-refractivity contribution in [1.82, 2.24) is 0 Å². The van der Waals surface area contributed by atoms with Crippen LogP contribution in [0.25, 0.3) is 0 Å². The van der Waals surface area contributed by atoms with Crippen molar-refractivity contribution < 1.29 is 43.5 Å². The molecule has 2 saturated carbocycles. The maximum Gasteiger partial charge on any atom is 0.348 e. The van der Waals surface area contributed by atoms with Gasteiger partial charge in [-0.1, -0.05) is 13.8 Å². The highest BCUT2D eigenvalue weighted by molar-refractivity contribution is 5.86. The van der Waals surface area contributed by atoms with Gasteiger partial charge < -0.3 is 29.2 Å². The first-order chi connectivity index (χ1) is 14.0. The van der Waals surface area contributed by atoms with Crippen LogP contribution in [0.3, 0.4) is 0 Å². The average Bonchev–Trinajstić information content (AvgIpc) is 3.22. The van der Waals surface area contributed by atoms with Crippen LogP contribution in [0.4, 0.5) is 0 Å². The van der Waals surface area contributed by atoms with E-state index in [2.05, 4.69) is 0 Å². The lowest BCUT2D eigenvalue weighted by Gasteiger charge is -2.57. The van der Waals surface area contributed by atoms with E-state index in [1.165, 1.54) is 13.0 Å². The van der Waals surface area contributed by atoms with Crippen LogP contribution in [0.1, 0.15) is 34.1 Å². The van der Waals surface area contributed by atoms with Crippen LogP contribution >= 0.6 is 0 Å². The maximum atomic E-state index is 12.8. The van der Waals surface area contributed by atoms with Crippen molar-refractivity contribution in [3.05, 3.63) is 11.6 Å². The van der Waals surface area contributed by atoms with Crippen LogP contribution in [-0.4, -0.2) is 64.9 Å². The number of rotatable bonds is 2. The predicted molar refractivity (Wildman–Crippen MR) is 97.3 cm³/mol. The Hall–Kier alpha value is -1.97. The fourth-order valence-corrected chi connectivity index (χ4v) is 7.47. The van der Waals surface area contributed by atoms with E-state index in [0.29, 0.717) is 12.0 Å². The quantitative estimate of drug-likeness (QED) is 0.469. The van der Waals surface area contributed by atoms with E-state index in [1.54, 1.807) is 13.8 Å². The van der Waals surface area contributed by atoms with E-state index in [9.17, 15) is 24.6 Å². The van der Waals surface area contributed by atoms with Crippen molar-refractivity contribution in [1.29, 1.82) is 0 Å². The molecule has 2 saturated heterocycles. The Bertz CT molecular complexity index is 882. The number of esters is 3. The SMILES string of the molecule is CC(=O)O[C@H]1C(=O)O[C@@H]2C[C@](C)([C@H]3OC(=O)C=C3C)[C@H]3[C@@]4(O)OC[C@@]23[C@@H]1[C@@H](C)[C@H]4O. The smallest absolute Gasteiger partial charge is 0.348 e. The Morgan fingerprint density at radius 2 is 2.00 bits per heavy atom. The molecule has 0 aromatic rings. The van der Waals surface area contributed by atoms with Crippen LogP contribution in [0.2, 0.25) is 0 Å². The van der Waals surface area contributed by atoms with E-state index >= 15 is 0 Å². The molecule has 0 aromatic heterocycles. The monoisotopic (exact) mass is 422 g/mol. The summed E-state index contributed by atoms with van der Waals surface area (Å²) in [4.78, 5) is 36.6. The number of hydrogen-bond donors (Lipinski definition) is 2. The molecule has 2 bridgehead atoms. The Kier molecular flexibility index (Phi) is 3.88. The Balaban J connectivity index is 1.69. The normalized spacial score (nSPS) is 53.7. The van der Waals surface area contributed by atoms with Gasteiger partial charge in [0.05, 0.1) is 6.61 Å². The third kappa shape index (κ3) is 2.10. The summed E-state index contributed by atoms with van der Waals surface area (Å²) < 4.78 is 22.6. The molecule has 5 rings (SSSR count). The topological polar surface area (TPSA) is 129 Å². The highest BCUT2D eigenvalue weighted by Crippen LogP contribution is 2.74. The fraction of sp³-hybridized carbons (Fsp3) is 0.762. The zero-order valence-corrected chi connectivity index (χ0v) is 17.3. The molecule has 164 valence electrons. The Morgan fingerprint density at radius 3 is 2.60 bits per heavy atom. The lowest BCUT2D eigenvalue weighted by molar-refractivity contribution is -0.304. The minimum atomic E-state index is -1.90. The molecular formula is C21H26O9. The number of carbonyl (C=O) groups is 3. The fourth-order valence-electron chi connectivity index (χ4n) is 7.47. The first-order valence-electron chi connectivity index (χ1n) is 10.3. The Morgan fingerprint density at radius 1 is 1.30 bits per heavy atom. The third-order valence-corrected chi connectivity index (χ3v) is 8.20. The van der Waals surface area contributed by atoms with Gasteiger partial charge in [-0.15, -0.1) is 0 Å². The average molecular weight is 422 g/mol. The number of aliphatic hydroxyl groups excluding tert-OH is 1. The van der Waals surface area contributed by atoms with Gasteiger partial charge in [0.25, 0.3) is 0 Å². The van der Waals surface area contributed by atoms with Crippen LogP contribution in [0.5, 0.6) is 0 Å². The number of ether oxygens (including phenoxy) is 4. The van der Waals surface area contributed by atoms with E-state index in [1.807, 2.05) is 6.92 Å². The summed E-state index contributed by atoms with van der Waals surface area (Å²) >= 11 is 0. The molecule has 1 spiro atoms. The van der Waals surface area contributed by atoms with Gasteiger partial charge in [-0.05, 0) is 24.8 Å². The summed E-state index contributed by atoms with van der Waals surface area (Å²) in [5, 5.41) is 22.7. The minimum Gasteiger partial charge on any atom is -0.459 e. The number of cyclic esters (lactones) is 1. The molecule has 0 amide bonds. The summed E-state index contributed by atoms with van der Waals surface area (Å²) in [7, 11) is 0. The molecule has 2 aliphatic carbocycles. The maximum absolute atomic E-state index is 12.8. The van der Waals surface area contributed by atoms with Gasteiger partial charge in [-0.3, -0.25) is 4.79 Å². The minimum absolute atomic E-state index is 0.0367. The lowest BCUT2D eigenvalue weighted by atomic mass is 9.50. The highest BCUT2D eigenvalue weighted by atomic mass is 16.7. The van der Waals surface area contributed by atoms with Crippen molar-refractivity contribution >= 4 is 17.9 Å². The number of carbonyl (C=O) groups excluding carboxylic acids is 3. The van der Waals surface area contributed by atoms with Gasteiger partial charge in [0, 0.05) is 35.7 Å². The van der Waals surface area contributed by atoms with E-state index in [0.717, 1.165) is 0 Å². The second-order valence-electron chi connectivity index (χ2n) is 9.79. The van der Waals surface area contributed by atoms with Crippen LogP contribution in [0.15, 0.2) is 11.6 Å². The first-order valence-corrected chi connectivity index (χ1v) is 10.3. The molecule has 4 fully saturated rings. The molecule has 10 atom stereocenters. The molecule has 5 aliphatic rings. The summed E-state index contributed by atoms with van der Waals surface area (Å²) in [6.07, 6.45) is -2.09. The highest BCUT2D eigenvalue weighted by Gasteiger charge is 2.84. The van der Waals surface area contributed by atoms with Crippen LogP contribution < -0.4 is 0 Å². The third-order valence-electron chi connectivity index (χ3n) is 8.20. The second kappa shape index (κ2) is 5.83. The molecule has 2 N–H and O–H groups in total. The van der Waals surface area contributed by atoms with E-state index in [4.69, 9.17) is 18.9 Å². The molecule has 0 unspecified atom stereocenters. The molecule has 0 aromatic carbocycles. The van der Waals surface area contributed by atoms with Crippen LogP contribution in [-0.2, 0) is 33.3 Å². The predicted octanol–water partition coefficient (Wildman–Crippen LogP) is 0.0734. The number of aliphatic hydroxyl groups is 2. The van der Waals surface area contributed by atoms with Crippen molar-refractivity contribution in [3.8, 4) is 0 Å². The van der Waals surface area contributed by atoms with Gasteiger partial charge in [-0.25, -0.2) is 9.59 Å². The first kappa shape index (κ1) is 20.0. The van der Waals surface area contributed by atoms with Crippen LogP contribution in [0, 0.1) is 28.6 Å². The second-order valence-corrected chi connectivity index (χ2v) is 9.79. The molecule has 0 radical (unpaired) electrons. The molecule has 3 heterocycles. The zero-order chi connectivity index (χ0) is 21.8. The molecule has 30 heavy (non-hydrogen) atoms. The van der Waals surface area contributed by atoms with Gasteiger partial charge >= 0.3 is 17.9 Å². The van der Waals surface area contributed by atoms with Gasteiger partial charge in [0.2, 0.25) is 6.10 Å². The van der Waals surface area contributed by atoms with Crippen molar-refractivity contribution in [2.24, 2.45) is 28.6 Å². The van der Waals surface area contributed by atoms with Crippen molar-refractivity contribution in [2.45, 2.75) is 64.3 Å². The summed E-state index contributed by atoms with van der Waals surface area (Å²) in [6.45, 7) is 6.61. The van der Waals surface area contributed by atoms with Crippen molar-refractivity contribution in [2.75, 3.05) is 6.61 Å². The molecular weight excluding hydrogens is 396 g/mol. The van der Waals surface area contributed by atoms with E-state index in [-0.39, 0.29) is 6.61 Å². The van der Waals surface area contributed by atoms with Gasteiger partial charge in [0.15, 0.2) is 5.79 Å². The van der Waals surface area contributed by atoms with E-state index < -0.39 is 76.7 Å². The lowest BCUT2D eigenvalue weighted by Crippen LogP contribution is -2.69. The Labute approximate surface area is 173 Å². The van der Waals surface area contributed by atoms with Crippen molar-refractivity contribution in [3.63, 3.8) is 0 Å². The number of hydrogen-bond acceptors (Lipinski definition) is 9. The summed E-state index contributed by atoms with van der Waals surface area (Å²) in [5.74, 6) is -5.59. The molecule has 9 heteroatoms. The molecule has 9 nitrogen and oxygen atoms in total. The zero-order valence-electron chi connectivity index (χ0n) is 17.3. The standard InChI is InChI=1S/C21H26O9/c1-8-5-12(23)30-16(8)19(4)6-11-20-7-27-21(26,18(19)20)15(24)9(2)13(20)14(17(25)29-11)28-10(3)22/h5,9,11,13-16,18,24,26H,6-7H2,1-4H3/t9-,11-,13-,14-,15-,16+,18-,19-,20+,21+/m1/s1. The summed E-state index contributed by atoms with van der Waals surface area (Å²) in [6, 6.07) is 0. The summed E-state index contributed by atoms with van der Waals surface area (Å²) in [5.41, 5.74) is -1.05. The van der Waals surface area contributed by atoms with Gasteiger partial charge in [-0.2, -0.15) is 0 Å². The largest absolute Gasteiger partial charge is 0.459 e. The molecule has 3 aliphatic heterocycles. The van der Waals surface area contributed by atoms with Gasteiger partial charge in [0.1, 0.15) is 18.3 Å².